The minimum Gasteiger partial charge on any atom is -0.207 e. The fourth-order valence-corrected chi connectivity index (χ4v) is 5.14. The van der Waals surface area contributed by atoms with Gasteiger partial charge < -0.3 is 0 Å². The first-order chi connectivity index (χ1) is 9.10. The maximum absolute atomic E-state index is 12.7. The van der Waals surface area contributed by atoms with Gasteiger partial charge in [-0.2, -0.15) is 4.31 Å². The first-order valence-electron chi connectivity index (χ1n) is 6.24. The molecular weight excluding hydrogens is 278 g/mol. The van der Waals surface area contributed by atoms with Crippen molar-refractivity contribution in [2.24, 2.45) is 0 Å². The Morgan fingerprint density at radius 3 is 2.68 bits per heavy atom. The van der Waals surface area contributed by atoms with Crippen LogP contribution in [0.3, 0.4) is 0 Å². The summed E-state index contributed by atoms with van der Waals surface area (Å²) >= 11 is 1.72. The van der Waals surface area contributed by atoms with E-state index in [4.69, 9.17) is 0 Å². The molecule has 0 fully saturated rings. The number of fused-ring (bicyclic) bond motifs is 1. The van der Waals surface area contributed by atoms with Crippen LogP contribution in [-0.2, 0) is 16.4 Å². The molecule has 0 aliphatic carbocycles. The standard InChI is InChI=1S/C14H15NO2S2/c1-11-13-8-10-18-14(13)7-9-15(11)19(16,17)12-5-3-2-4-6-12/h2-6,8,10-11H,7,9H2,1H3/t11-/m0/s1. The van der Waals surface area contributed by atoms with Crippen molar-refractivity contribution in [3.05, 3.63) is 52.2 Å². The molecule has 0 amide bonds. The molecule has 3 nitrogen and oxygen atoms in total. The van der Waals surface area contributed by atoms with Crippen LogP contribution >= 0.6 is 11.3 Å². The number of thiophene rings is 1. The zero-order valence-electron chi connectivity index (χ0n) is 10.6. The lowest BCUT2D eigenvalue weighted by molar-refractivity contribution is 0.329. The Bertz CT molecular complexity index is 676. The van der Waals surface area contributed by atoms with Gasteiger partial charge in [0.05, 0.1) is 4.90 Å². The van der Waals surface area contributed by atoms with Gasteiger partial charge in [0.2, 0.25) is 10.0 Å². The van der Waals surface area contributed by atoms with E-state index in [9.17, 15) is 8.42 Å². The molecule has 0 unspecified atom stereocenters. The molecule has 1 atom stereocenters. The molecular formula is C14H15NO2S2. The Balaban J connectivity index is 2.00. The number of hydrogen-bond donors (Lipinski definition) is 0. The zero-order chi connectivity index (χ0) is 13.5. The predicted octanol–water partition coefficient (Wildman–Crippen LogP) is 3.06. The van der Waals surface area contributed by atoms with Crippen LogP contribution in [0.5, 0.6) is 0 Å². The van der Waals surface area contributed by atoms with Crippen molar-refractivity contribution in [2.45, 2.75) is 24.3 Å². The molecule has 0 bridgehead atoms. The molecule has 0 saturated carbocycles. The molecule has 2 aromatic rings. The third-order valence-electron chi connectivity index (χ3n) is 3.57. The summed E-state index contributed by atoms with van der Waals surface area (Å²) in [5, 5.41) is 2.04. The number of rotatable bonds is 2. The molecule has 0 saturated heterocycles. The minimum absolute atomic E-state index is 0.0831. The van der Waals surface area contributed by atoms with Crippen LogP contribution in [0.1, 0.15) is 23.4 Å². The highest BCUT2D eigenvalue weighted by Gasteiger charge is 2.34. The van der Waals surface area contributed by atoms with Gasteiger partial charge in [0.1, 0.15) is 0 Å². The van der Waals surface area contributed by atoms with Crippen molar-refractivity contribution in [2.75, 3.05) is 6.54 Å². The summed E-state index contributed by atoms with van der Waals surface area (Å²) in [5.74, 6) is 0. The Morgan fingerprint density at radius 1 is 1.21 bits per heavy atom. The summed E-state index contributed by atoms with van der Waals surface area (Å²) in [5.41, 5.74) is 1.15. The first-order valence-corrected chi connectivity index (χ1v) is 8.56. The van der Waals surface area contributed by atoms with E-state index in [-0.39, 0.29) is 6.04 Å². The lowest BCUT2D eigenvalue weighted by Crippen LogP contribution is -2.38. The van der Waals surface area contributed by atoms with E-state index >= 15 is 0 Å². The van der Waals surface area contributed by atoms with Crippen LogP contribution in [0.25, 0.3) is 0 Å². The van der Waals surface area contributed by atoms with Gasteiger partial charge in [0.25, 0.3) is 0 Å². The summed E-state index contributed by atoms with van der Waals surface area (Å²) in [4.78, 5) is 1.69. The highest BCUT2D eigenvalue weighted by molar-refractivity contribution is 7.89. The average molecular weight is 293 g/mol. The highest BCUT2D eigenvalue weighted by Crippen LogP contribution is 2.36. The van der Waals surface area contributed by atoms with E-state index in [2.05, 4.69) is 0 Å². The van der Waals surface area contributed by atoms with E-state index in [1.54, 1.807) is 39.9 Å². The molecule has 2 heterocycles. The van der Waals surface area contributed by atoms with Crippen LogP contribution in [0.2, 0.25) is 0 Å². The largest absolute Gasteiger partial charge is 0.243 e. The summed E-state index contributed by atoms with van der Waals surface area (Å²) in [6.45, 7) is 2.52. The van der Waals surface area contributed by atoms with E-state index in [1.165, 1.54) is 4.88 Å². The summed E-state index contributed by atoms with van der Waals surface area (Å²) in [6.07, 6.45) is 0.809. The number of benzene rings is 1. The number of nitrogens with zero attached hydrogens (tertiary/aromatic N) is 1. The number of hydrogen-bond acceptors (Lipinski definition) is 3. The molecule has 0 spiro atoms. The van der Waals surface area contributed by atoms with Gasteiger partial charge in [-0.15, -0.1) is 11.3 Å². The van der Waals surface area contributed by atoms with Crippen LogP contribution in [0.15, 0.2) is 46.7 Å². The van der Waals surface area contributed by atoms with Gasteiger partial charge in [-0.1, -0.05) is 18.2 Å². The third kappa shape index (κ3) is 2.12. The quantitative estimate of drug-likeness (QED) is 0.853. The Kier molecular flexibility index (Phi) is 3.20. The van der Waals surface area contributed by atoms with E-state index in [0.717, 1.165) is 12.0 Å². The second-order valence-corrected chi connectivity index (χ2v) is 7.55. The lowest BCUT2D eigenvalue weighted by atomic mass is 10.0. The monoisotopic (exact) mass is 293 g/mol. The van der Waals surface area contributed by atoms with Crippen LogP contribution in [0.4, 0.5) is 0 Å². The van der Waals surface area contributed by atoms with Crippen molar-refractivity contribution < 1.29 is 8.42 Å². The van der Waals surface area contributed by atoms with E-state index in [0.29, 0.717) is 11.4 Å². The van der Waals surface area contributed by atoms with Gasteiger partial charge in [0.15, 0.2) is 0 Å². The predicted molar refractivity (Wildman–Crippen MR) is 76.8 cm³/mol. The maximum Gasteiger partial charge on any atom is 0.243 e. The van der Waals surface area contributed by atoms with Crippen LogP contribution in [-0.4, -0.2) is 19.3 Å². The lowest BCUT2D eigenvalue weighted by Gasteiger charge is -2.32. The molecule has 0 N–H and O–H groups in total. The molecule has 1 aliphatic heterocycles. The molecule has 1 aromatic heterocycles. The van der Waals surface area contributed by atoms with Gasteiger partial charge in [0, 0.05) is 17.5 Å². The summed E-state index contributed by atoms with van der Waals surface area (Å²) in [7, 11) is -3.39. The smallest absolute Gasteiger partial charge is 0.207 e. The second kappa shape index (κ2) is 4.74. The Morgan fingerprint density at radius 2 is 1.95 bits per heavy atom. The van der Waals surface area contributed by atoms with E-state index < -0.39 is 10.0 Å². The van der Waals surface area contributed by atoms with Crippen LogP contribution in [0, 0.1) is 0 Å². The summed E-state index contributed by atoms with van der Waals surface area (Å²) in [6, 6.07) is 10.6. The molecule has 100 valence electrons. The minimum atomic E-state index is -3.39. The maximum atomic E-state index is 12.7. The molecule has 1 aromatic carbocycles. The average Bonchev–Trinajstić information content (AvgIpc) is 2.89. The normalized spacial score (nSPS) is 20.2. The molecule has 3 rings (SSSR count). The Labute approximate surface area is 117 Å². The zero-order valence-corrected chi connectivity index (χ0v) is 12.2. The first kappa shape index (κ1) is 12.8. The second-order valence-electron chi connectivity index (χ2n) is 4.65. The van der Waals surface area contributed by atoms with E-state index in [1.807, 2.05) is 24.4 Å². The SMILES string of the molecule is C[C@H]1c2ccsc2CCN1S(=O)(=O)c1ccccc1. The van der Waals surface area contributed by atoms with Crippen molar-refractivity contribution in [1.82, 2.24) is 4.31 Å². The van der Waals surface area contributed by atoms with Crippen molar-refractivity contribution >= 4 is 21.4 Å². The fraction of sp³-hybridized carbons (Fsp3) is 0.286. The van der Waals surface area contributed by atoms with Gasteiger partial charge >= 0.3 is 0 Å². The van der Waals surface area contributed by atoms with Crippen molar-refractivity contribution in [1.29, 1.82) is 0 Å². The molecule has 0 radical (unpaired) electrons. The molecule has 1 aliphatic rings. The summed E-state index contributed by atoms with van der Waals surface area (Å²) < 4.78 is 26.9. The van der Waals surface area contributed by atoms with Gasteiger partial charge in [-0.3, -0.25) is 0 Å². The number of sulfonamides is 1. The molecule has 5 heteroatoms. The van der Waals surface area contributed by atoms with Crippen molar-refractivity contribution in [3.63, 3.8) is 0 Å². The highest BCUT2D eigenvalue weighted by atomic mass is 32.2. The Hall–Kier alpha value is -1.17. The van der Waals surface area contributed by atoms with Gasteiger partial charge in [-0.25, -0.2) is 8.42 Å². The fourth-order valence-electron chi connectivity index (χ4n) is 2.54. The topological polar surface area (TPSA) is 37.4 Å². The van der Waals surface area contributed by atoms with Gasteiger partial charge in [-0.05, 0) is 42.5 Å². The van der Waals surface area contributed by atoms with Crippen molar-refractivity contribution in [3.8, 4) is 0 Å². The third-order valence-corrected chi connectivity index (χ3v) is 6.55. The van der Waals surface area contributed by atoms with Crippen LogP contribution < -0.4 is 0 Å². The molecule has 19 heavy (non-hydrogen) atoms.